The minimum atomic E-state index is -1.13. The van der Waals surface area contributed by atoms with Crippen molar-refractivity contribution in [2.75, 3.05) is 6.61 Å². The maximum absolute atomic E-state index is 10.9. The number of esters is 1. The summed E-state index contributed by atoms with van der Waals surface area (Å²) >= 11 is 0. The third-order valence-electron chi connectivity index (χ3n) is 2.81. The Bertz CT molecular complexity index is 231. The van der Waals surface area contributed by atoms with Crippen LogP contribution in [0.5, 0.6) is 0 Å². The summed E-state index contributed by atoms with van der Waals surface area (Å²) in [7, 11) is 0. The second-order valence-corrected chi connectivity index (χ2v) is 4.62. The van der Waals surface area contributed by atoms with E-state index in [-0.39, 0.29) is 37.7 Å². The first kappa shape index (κ1) is 21.5. The zero-order valence-corrected chi connectivity index (χ0v) is 11.5. The Hall–Kier alpha value is 0.200. The van der Waals surface area contributed by atoms with Gasteiger partial charge < -0.3 is 9.84 Å². The van der Waals surface area contributed by atoms with Crippen LogP contribution in [0.1, 0.15) is 71.1 Å². The molecule has 0 fully saturated rings. The Morgan fingerprint density at radius 2 is 1.37 bits per heavy atom. The van der Waals surface area contributed by atoms with E-state index >= 15 is 0 Å². The van der Waals surface area contributed by atoms with E-state index in [1.807, 2.05) is 0 Å². The van der Waals surface area contributed by atoms with Gasteiger partial charge in [-0.3, -0.25) is 9.59 Å². The summed E-state index contributed by atoms with van der Waals surface area (Å²) in [5.41, 5.74) is 0. The molecule has 5 heteroatoms. The number of aliphatic carboxylic acids is 1. The fourth-order valence-corrected chi connectivity index (χ4v) is 1.77. The molecule has 0 saturated carbocycles. The van der Waals surface area contributed by atoms with Crippen LogP contribution in [0.4, 0.5) is 0 Å². The van der Waals surface area contributed by atoms with Gasteiger partial charge in [0.05, 0.1) is 6.61 Å². The number of rotatable bonds is 12. The van der Waals surface area contributed by atoms with Gasteiger partial charge in [0.1, 0.15) is 6.42 Å². The Kier molecular flexibility index (Phi) is 18.4. The average Bonchev–Trinajstić information content (AvgIpc) is 2.30. The van der Waals surface area contributed by atoms with Gasteiger partial charge in [-0.25, -0.2) is 0 Å². The summed E-state index contributed by atoms with van der Waals surface area (Å²) in [6.45, 7) is 2.56. The third kappa shape index (κ3) is 18.2. The van der Waals surface area contributed by atoms with Crippen LogP contribution in [-0.4, -0.2) is 61.4 Å². The fraction of sp³-hybridized carbons (Fsp3) is 0.857. The second-order valence-electron chi connectivity index (χ2n) is 4.62. The quantitative estimate of drug-likeness (QED) is 0.260. The van der Waals surface area contributed by atoms with E-state index in [9.17, 15) is 9.59 Å². The van der Waals surface area contributed by atoms with Crippen molar-refractivity contribution in [3.63, 3.8) is 0 Å². The molecule has 0 aliphatic heterocycles. The summed E-state index contributed by atoms with van der Waals surface area (Å²) in [4.78, 5) is 21.1. The molecule has 0 radical (unpaired) electrons. The van der Waals surface area contributed by atoms with E-state index in [1.165, 1.54) is 44.9 Å². The Morgan fingerprint density at radius 1 is 0.895 bits per heavy atom. The monoisotopic (exact) mass is 300 g/mol. The molecule has 0 aromatic carbocycles. The first-order valence-electron chi connectivity index (χ1n) is 7.04. The molecule has 19 heavy (non-hydrogen) atoms. The fourth-order valence-electron chi connectivity index (χ4n) is 1.77. The van der Waals surface area contributed by atoms with Crippen molar-refractivity contribution in [3.8, 4) is 0 Å². The number of carboxylic acid groups (broad SMARTS) is 1. The number of carbonyl (C=O) groups excluding carboxylic acids is 1. The maximum atomic E-state index is 10.9. The van der Waals surface area contributed by atoms with E-state index in [0.29, 0.717) is 6.61 Å². The Labute approximate surface area is 146 Å². The molecule has 0 aromatic heterocycles. The van der Waals surface area contributed by atoms with Crippen molar-refractivity contribution in [1.82, 2.24) is 0 Å². The van der Waals surface area contributed by atoms with Crippen LogP contribution in [0.15, 0.2) is 0 Å². The number of hydrogen-bond acceptors (Lipinski definition) is 3. The number of carboxylic acids is 1. The number of unbranched alkanes of at least 4 members (excludes halogenated alkanes) is 8. The van der Waals surface area contributed by atoms with Gasteiger partial charge in [0.2, 0.25) is 0 Å². The first-order valence-corrected chi connectivity index (χ1v) is 7.04. The molecular formula is C14H28CaO4. The summed E-state index contributed by atoms with van der Waals surface area (Å²) < 4.78 is 4.79. The van der Waals surface area contributed by atoms with Gasteiger partial charge in [0, 0.05) is 0 Å². The molecule has 0 aliphatic rings. The zero-order chi connectivity index (χ0) is 13.6. The molecule has 0 unspecified atom stereocenters. The van der Waals surface area contributed by atoms with Crippen LogP contribution in [0.3, 0.4) is 0 Å². The van der Waals surface area contributed by atoms with Crippen LogP contribution < -0.4 is 0 Å². The van der Waals surface area contributed by atoms with Gasteiger partial charge in [-0.1, -0.05) is 58.3 Å². The molecule has 4 nitrogen and oxygen atoms in total. The van der Waals surface area contributed by atoms with Crippen LogP contribution >= 0.6 is 0 Å². The Morgan fingerprint density at radius 3 is 1.84 bits per heavy atom. The van der Waals surface area contributed by atoms with Crippen molar-refractivity contribution < 1.29 is 19.4 Å². The summed E-state index contributed by atoms with van der Waals surface area (Å²) in [5.74, 6) is -1.77. The van der Waals surface area contributed by atoms with Crippen molar-refractivity contribution in [2.24, 2.45) is 0 Å². The number of hydrogen-bond donors (Lipinski definition) is 1. The predicted molar refractivity (Wildman–Crippen MR) is 79.0 cm³/mol. The molecule has 0 rings (SSSR count). The van der Waals surface area contributed by atoms with Crippen LogP contribution in [-0.2, 0) is 14.3 Å². The van der Waals surface area contributed by atoms with Gasteiger partial charge in [0.25, 0.3) is 0 Å². The average molecular weight is 300 g/mol. The molecular weight excluding hydrogens is 272 g/mol. The second kappa shape index (κ2) is 16.3. The van der Waals surface area contributed by atoms with E-state index in [2.05, 4.69) is 6.92 Å². The summed E-state index contributed by atoms with van der Waals surface area (Å²) in [5, 5.41) is 8.34. The first-order chi connectivity index (χ1) is 8.66. The van der Waals surface area contributed by atoms with Gasteiger partial charge in [-0.2, -0.15) is 0 Å². The summed E-state index contributed by atoms with van der Waals surface area (Å²) in [6, 6.07) is 0. The molecule has 110 valence electrons. The van der Waals surface area contributed by atoms with Gasteiger partial charge in [-0.05, 0) is 6.42 Å². The van der Waals surface area contributed by atoms with Crippen molar-refractivity contribution >= 4 is 49.7 Å². The predicted octanol–water partition coefficient (Wildman–Crippen LogP) is 2.62. The molecule has 0 bridgehead atoms. The van der Waals surface area contributed by atoms with Crippen LogP contribution in [0.2, 0.25) is 0 Å². The van der Waals surface area contributed by atoms with Crippen LogP contribution in [0.25, 0.3) is 0 Å². The van der Waals surface area contributed by atoms with Crippen molar-refractivity contribution in [2.45, 2.75) is 71.1 Å². The molecule has 1 N–H and O–H groups in total. The molecule has 0 saturated heterocycles. The number of carbonyl (C=O) groups is 2. The molecule has 0 aromatic rings. The molecule has 0 amide bonds. The SMILES string of the molecule is CCCCCCCCCCCOC(=O)CC(=O)O.[CaH2]. The van der Waals surface area contributed by atoms with Crippen molar-refractivity contribution in [3.05, 3.63) is 0 Å². The van der Waals surface area contributed by atoms with Crippen molar-refractivity contribution in [1.29, 1.82) is 0 Å². The number of ether oxygens (including phenoxy) is 1. The molecule has 0 heterocycles. The summed E-state index contributed by atoms with van der Waals surface area (Å²) in [6.07, 6.45) is 10.3. The standard InChI is InChI=1S/C14H26O4.Ca.2H/c1-2-3-4-5-6-7-8-9-10-11-18-14(17)12-13(15)16;;;/h2-12H2,1H3,(H,15,16);;;. The van der Waals surface area contributed by atoms with E-state index in [0.717, 1.165) is 12.8 Å². The topological polar surface area (TPSA) is 63.6 Å². The minimum absolute atomic E-state index is 0. The van der Waals surface area contributed by atoms with E-state index in [4.69, 9.17) is 9.84 Å². The molecule has 0 atom stereocenters. The van der Waals surface area contributed by atoms with Gasteiger partial charge >= 0.3 is 49.7 Å². The van der Waals surface area contributed by atoms with E-state index < -0.39 is 18.4 Å². The molecule has 0 spiro atoms. The Balaban J connectivity index is 0. The van der Waals surface area contributed by atoms with Gasteiger partial charge in [-0.15, -0.1) is 0 Å². The van der Waals surface area contributed by atoms with Crippen LogP contribution in [0, 0.1) is 0 Å². The normalized spacial score (nSPS) is 9.74. The zero-order valence-electron chi connectivity index (χ0n) is 11.5. The third-order valence-corrected chi connectivity index (χ3v) is 2.81. The van der Waals surface area contributed by atoms with E-state index in [1.54, 1.807) is 0 Å². The van der Waals surface area contributed by atoms with Gasteiger partial charge in [0.15, 0.2) is 0 Å². The molecule has 0 aliphatic carbocycles.